The second kappa shape index (κ2) is 2.84. The van der Waals surface area contributed by atoms with Crippen molar-refractivity contribution in [1.82, 2.24) is 9.97 Å². The lowest BCUT2D eigenvalue weighted by atomic mass is 10.4. The summed E-state index contributed by atoms with van der Waals surface area (Å²) in [6.07, 6.45) is 1.35. The largest absolute Gasteiger partial charge is 0.382 e. The van der Waals surface area contributed by atoms with Crippen LogP contribution < -0.4 is 11.1 Å². The topological polar surface area (TPSA) is 87.6 Å². The van der Waals surface area contributed by atoms with Gasteiger partial charge in [0.25, 0.3) is 0 Å². The van der Waals surface area contributed by atoms with Crippen LogP contribution >= 0.6 is 0 Å². The summed E-state index contributed by atoms with van der Waals surface area (Å²) in [4.78, 5) is 7.60. The van der Waals surface area contributed by atoms with E-state index in [9.17, 15) is 0 Å². The van der Waals surface area contributed by atoms with Crippen LogP contribution in [0.15, 0.2) is 6.20 Å². The van der Waals surface area contributed by atoms with E-state index >= 15 is 0 Å². The lowest BCUT2D eigenvalue weighted by Crippen LogP contribution is -2.01. The molecule has 11 heavy (non-hydrogen) atoms. The van der Waals surface area contributed by atoms with Crippen LogP contribution in [0.2, 0.25) is 0 Å². The summed E-state index contributed by atoms with van der Waals surface area (Å²) in [6.45, 7) is 0. The smallest absolute Gasteiger partial charge is 0.183 e. The SMILES string of the molecule is CNc1nc(N)cnc1C#N. The predicted molar refractivity (Wildman–Crippen MR) is 40.7 cm³/mol. The maximum absolute atomic E-state index is 8.51. The molecule has 1 aromatic heterocycles. The maximum atomic E-state index is 8.51. The second-order valence-corrected chi connectivity index (χ2v) is 1.85. The summed E-state index contributed by atoms with van der Waals surface area (Å²) in [5, 5.41) is 11.2. The van der Waals surface area contributed by atoms with E-state index < -0.39 is 0 Å². The molecule has 0 saturated carbocycles. The first-order valence-corrected chi connectivity index (χ1v) is 2.98. The number of nitrogens with two attached hydrogens (primary N) is 1. The first kappa shape index (κ1) is 7.28. The van der Waals surface area contributed by atoms with E-state index in [-0.39, 0.29) is 5.69 Å². The molecule has 0 spiro atoms. The molecule has 5 heteroatoms. The van der Waals surface area contributed by atoms with Crippen LogP contribution in [0.3, 0.4) is 0 Å². The van der Waals surface area contributed by atoms with Gasteiger partial charge in [0.15, 0.2) is 11.5 Å². The fraction of sp³-hybridized carbons (Fsp3) is 0.167. The fourth-order valence-electron chi connectivity index (χ4n) is 0.659. The number of nitrogens with zero attached hydrogens (tertiary/aromatic N) is 3. The van der Waals surface area contributed by atoms with Crippen molar-refractivity contribution in [2.75, 3.05) is 18.1 Å². The van der Waals surface area contributed by atoms with Gasteiger partial charge in [-0.2, -0.15) is 5.26 Å². The first-order valence-electron chi connectivity index (χ1n) is 2.98. The Bertz CT molecular complexity index is 300. The molecule has 0 fully saturated rings. The summed E-state index contributed by atoms with van der Waals surface area (Å²) >= 11 is 0. The second-order valence-electron chi connectivity index (χ2n) is 1.85. The van der Waals surface area contributed by atoms with Gasteiger partial charge in [0.1, 0.15) is 11.9 Å². The van der Waals surface area contributed by atoms with Crippen LogP contribution in [0.4, 0.5) is 11.6 Å². The fourth-order valence-corrected chi connectivity index (χ4v) is 0.659. The van der Waals surface area contributed by atoms with Crippen LogP contribution in [0.25, 0.3) is 0 Å². The van der Waals surface area contributed by atoms with E-state index in [1.807, 2.05) is 6.07 Å². The number of rotatable bonds is 1. The minimum absolute atomic E-state index is 0.252. The highest BCUT2D eigenvalue weighted by Crippen LogP contribution is 2.08. The van der Waals surface area contributed by atoms with Gasteiger partial charge < -0.3 is 11.1 Å². The van der Waals surface area contributed by atoms with Gasteiger partial charge in [-0.05, 0) is 0 Å². The van der Waals surface area contributed by atoms with Crippen molar-refractivity contribution in [3.63, 3.8) is 0 Å². The molecule has 0 saturated heterocycles. The minimum Gasteiger partial charge on any atom is -0.382 e. The Morgan fingerprint density at radius 3 is 3.00 bits per heavy atom. The van der Waals surface area contributed by atoms with Gasteiger partial charge >= 0.3 is 0 Å². The van der Waals surface area contributed by atoms with Gasteiger partial charge in [-0.1, -0.05) is 0 Å². The quantitative estimate of drug-likeness (QED) is 0.585. The third-order valence-corrected chi connectivity index (χ3v) is 1.13. The Hall–Kier alpha value is -1.83. The van der Waals surface area contributed by atoms with Crippen LogP contribution in [-0.2, 0) is 0 Å². The highest BCUT2D eigenvalue weighted by molar-refractivity contribution is 5.50. The molecule has 0 aliphatic carbocycles. The predicted octanol–water partition coefficient (Wildman–Crippen LogP) is -0.0278. The summed E-state index contributed by atoms with van der Waals surface area (Å²) in [5.74, 6) is 0.709. The Kier molecular flexibility index (Phi) is 1.88. The molecule has 0 aliphatic rings. The maximum Gasteiger partial charge on any atom is 0.183 e. The van der Waals surface area contributed by atoms with Gasteiger partial charge in [0.2, 0.25) is 0 Å². The number of hydrogen-bond acceptors (Lipinski definition) is 5. The van der Waals surface area contributed by atoms with Crippen molar-refractivity contribution in [2.45, 2.75) is 0 Å². The van der Waals surface area contributed by atoms with Crippen LogP contribution in [-0.4, -0.2) is 17.0 Å². The van der Waals surface area contributed by atoms with Gasteiger partial charge in [-0.3, -0.25) is 0 Å². The van der Waals surface area contributed by atoms with Crippen LogP contribution in [0.5, 0.6) is 0 Å². The Balaban J connectivity index is 3.19. The number of nitriles is 1. The molecule has 0 aliphatic heterocycles. The molecule has 0 radical (unpaired) electrons. The molecule has 56 valence electrons. The van der Waals surface area contributed by atoms with E-state index in [4.69, 9.17) is 11.0 Å². The highest BCUT2D eigenvalue weighted by atomic mass is 15.0. The van der Waals surface area contributed by atoms with Gasteiger partial charge in [-0.15, -0.1) is 0 Å². The Morgan fingerprint density at radius 1 is 1.73 bits per heavy atom. The standard InChI is InChI=1S/C6H7N5/c1-9-6-4(2-7)10-3-5(8)11-6/h3H,1H3,(H3,8,9,11). The molecule has 1 rings (SSSR count). The van der Waals surface area contributed by atoms with Crippen molar-refractivity contribution in [2.24, 2.45) is 0 Å². The third-order valence-electron chi connectivity index (χ3n) is 1.13. The molecule has 0 amide bonds. The molecule has 1 aromatic rings. The molecule has 0 aromatic carbocycles. The van der Waals surface area contributed by atoms with E-state index in [0.717, 1.165) is 0 Å². The molecular weight excluding hydrogens is 142 g/mol. The lowest BCUT2D eigenvalue weighted by molar-refractivity contribution is 1.16. The van der Waals surface area contributed by atoms with E-state index in [2.05, 4.69) is 15.3 Å². The zero-order chi connectivity index (χ0) is 8.27. The van der Waals surface area contributed by atoms with E-state index in [1.165, 1.54) is 6.20 Å². The van der Waals surface area contributed by atoms with Crippen molar-refractivity contribution in [1.29, 1.82) is 5.26 Å². The molecular formula is C6H7N5. The molecule has 0 bridgehead atoms. The first-order chi connectivity index (χ1) is 5.27. The Labute approximate surface area is 63.9 Å². The van der Waals surface area contributed by atoms with Crippen molar-refractivity contribution in [3.8, 4) is 6.07 Å². The average molecular weight is 149 g/mol. The Morgan fingerprint density at radius 2 is 2.45 bits per heavy atom. The number of hydrogen-bond donors (Lipinski definition) is 2. The zero-order valence-corrected chi connectivity index (χ0v) is 6.00. The molecule has 0 atom stereocenters. The van der Waals surface area contributed by atoms with Gasteiger partial charge in [0.05, 0.1) is 6.20 Å². The average Bonchev–Trinajstić information content (AvgIpc) is 2.04. The van der Waals surface area contributed by atoms with Crippen LogP contribution in [0.1, 0.15) is 5.69 Å². The zero-order valence-electron chi connectivity index (χ0n) is 6.00. The van der Waals surface area contributed by atoms with Gasteiger partial charge in [-0.25, -0.2) is 9.97 Å². The summed E-state index contributed by atoms with van der Waals surface area (Å²) in [7, 11) is 1.66. The summed E-state index contributed by atoms with van der Waals surface area (Å²) < 4.78 is 0. The summed E-state index contributed by atoms with van der Waals surface area (Å²) in [6, 6.07) is 1.88. The van der Waals surface area contributed by atoms with Crippen LogP contribution in [0, 0.1) is 11.3 Å². The highest BCUT2D eigenvalue weighted by Gasteiger charge is 2.01. The molecule has 5 nitrogen and oxygen atoms in total. The number of nitrogens with one attached hydrogen (secondary N) is 1. The normalized spacial score (nSPS) is 8.73. The molecule has 3 N–H and O–H groups in total. The monoisotopic (exact) mass is 149 g/mol. The molecule has 1 heterocycles. The molecule has 0 unspecified atom stereocenters. The lowest BCUT2D eigenvalue weighted by Gasteiger charge is -1.99. The summed E-state index contributed by atoms with van der Waals surface area (Å²) in [5.41, 5.74) is 5.59. The van der Waals surface area contributed by atoms with Gasteiger partial charge in [0, 0.05) is 7.05 Å². The number of nitrogen functional groups attached to an aromatic ring is 1. The number of aromatic nitrogens is 2. The van der Waals surface area contributed by atoms with E-state index in [0.29, 0.717) is 11.6 Å². The third kappa shape index (κ3) is 1.35. The van der Waals surface area contributed by atoms with E-state index in [1.54, 1.807) is 7.05 Å². The van der Waals surface area contributed by atoms with Crippen molar-refractivity contribution < 1.29 is 0 Å². The van der Waals surface area contributed by atoms with Crippen molar-refractivity contribution >= 4 is 11.6 Å². The minimum atomic E-state index is 0.252. The van der Waals surface area contributed by atoms with Crippen molar-refractivity contribution in [3.05, 3.63) is 11.9 Å². The number of anilines is 2.